The van der Waals surface area contributed by atoms with Crippen LogP contribution in [0.25, 0.3) is 0 Å². The Morgan fingerprint density at radius 1 is 1.44 bits per heavy atom. The van der Waals surface area contributed by atoms with Crippen molar-refractivity contribution in [2.45, 2.75) is 26.2 Å². The molecule has 0 saturated heterocycles. The van der Waals surface area contributed by atoms with E-state index in [2.05, 4.69) is 22.9 Å². The molecule has 3 N–H and O–H groups in total. The summed E-state index contributed by atoms with van der Waals surface area (Å²) in [7, 11) is 0. The molecule has 0 heterocycles. The van der Waals surface area contributed by atoms with Crippen LogP contribution in [0.4, 0.5) is 0 Å². The number of nitrogens with two attached hydrogens (primary N) is 1. The maximum Gasteiger partial charge on any atom is 0.133 e. The van der Waals surface area contributed by atoms with E-state index in [-0.39, 0.29) is 5.84 Å². The average molecular weight is 285 g/mol. The van der Waals surface area contributed by atoms with Gasteiger partial charge in [0.05, 0.1) is 11.1 Å². The Hall–Kier alpha value is -1.03. The first kappa shape index (κ1) is 13.0. The van der Waals surface area contributed by atoms with Crippen LogP contribution in [0.15, 0.2) is 22.7 Å². The molecule has 1 aromatic rings. The van der Waals surface area contributed by atoms with Crippen molar-refractivity contribution in [2.24, 2.45) is 5.73 Å². The predicted octanol–water partition coefficient (Wildman–Crippen LogP) is 3.30. The topological polar surface area (TPSA) is 59.1 Å². The van der Waals surface area contributed by atoms with E-state index in [1.165, 1.54) is 12.8 Å². The van der Waals surface area contributed by atoms with Crippen LogP contribution in [0.3, 0.4) is 0 Å². The number of amidine groups is 1. The first-order valence-corrected chi connectivity index (χ1v) is 6.21. The fourth-order valence-corrected chi connectivity index (χ4v) is 1.81. The van der Waals surface area contributed by atoms with Gasteiger partial charge in [0.2, 0.25) is 0 Å². The summed E-state index contributed by atoms with van der Waals surface area (Å²) in [5.74, 6) is 0.874. The summed E-state index contributed by atoms with van der Waals surface area (Å²) < 4.78 is 6.46. The maximum absolute atomic E-state index is 7.31. The number of halogens is 1. The fourth-order valence-electron chi connectivity index (χ4n) is 1.32. The summed E-state index contributed by atoms with van der Waals surface area (Å²) in [5, 5.41) is 7.31. The van der Waals surface area contributed by atoms with Gasteiger partial charge in [-0.3, -0.25) is 5.41 Å². The molecule has 3 nitrogen and oxygen atoms in total. The van der Waals surface area contributed by atoms with Crippen LogP contribution in [-0.2, 0) is 0 Å². The molecule has 1 aromatic carbocycles. The Bertz CT molecular complexity index is 366. The van der Waals surface area contributed by atoms with Crippen LogP contribution in [0.2, 0.25) is 0 Å². The largest absolute Gasteiger partial charge is 0.492 e. The van der Waals surface area contributed by atoms with Crippen molar-refractivity contribution in [3.8, 4) is 5.75 Å². The van der Waals surface area contributed by atoms with Gasteiger partial charge >= 0.3 is 0 Å². The van der Waals surface area contributed by atoms with Gasteiger partial charge < -0.3 is 10.5 Å². The lowest BCUT2D eigenvalue weighted by atomic mass is 10.2. The molecule has 1 rings (SSSR count). The monoisotopic (exact) mass is 284 g/mol. The SMILES string of the molecule is CCCCCOc1ccc(C(=N)N)cc1Br. The van der Waals surface area contributed by atoms with Gasteiger partial charge in [0, 0.05) is 5.56 Å². The molecule has 0 spiro atoms. The van der Waals surface area contributed by atoms with Crippen molar-refractivity contribution < 1.29 is 4.74 Å². The molecule has 0 atom stereocenters. The van der Waals surface area contributed by atoms with Gasteiger partial charge in [0.15, 0.2) is 0 Å². The van der Waals surface area contributed by atoms with Gasteiger partial charge in [-0.1, -0.05) is 19.8 Å². The molecule has 0 aliphatic carbocycles. The summed E-state index contributed by atoms with van der Waals surface area (Å²) in [6, 6.07) is 5.44. The Morgan fingerprint density at radius 3 is 2.75 bits per heavy atom. The molecule has 16 heavy (non-hydrogen) atoms. The third-order valence-corrected chi connectivity index (χ3v) is 2.87. The minimum absolute atomic E-state index is 0.0678. The summed E-state index contributed by atoms with van der Waals surface area (Å²) in [4.78, 5) is 0. The van der Waals surface area contributed by atoms with Crippen molar-refractivity contribution in [1.82, 2.24) is 0 Å². The van der Waals surface area contributed by atoms with Crippen LogP contribution < -0.4 is 10.5 Å². The first-order chi connectivity index (χ1) is 7.65. The highest BCUT2D eigenvalue weighted by Crippen LogP contribution is 2.26. The van der Waals surface area contributed by atoms with E-state index < -0.39 is 0 Å². The van der Waals surface area contributed by atoms with Gasteiger partial charge in [0.25, 0.3) is 0 Å². The summed E-state index contributed by atoms with van der Waals surface area (Å²) in [5.41, 5.74) is 6.10. The van der Waals surface area contributed by atoms with Gasteiger partial charge in [-0.25, -0.2) is 0 Å². The Labute approximate surface area is 105 Å². The number of nitrogens with one attached hydrogen (secondary N) is 1. The molecule has 0 bridgehead atoms. The normalized spacial score (nSPS) is 10.1. The van der Waals surface area contributed by atoms with E-state index in [0.717, 1.165) is 23.2 Å². The molecule has 0 saturated carbocycles. The number of rotatable bonds is 6. The van der Waals surface area contributed by atoms with E-state index in [9.17, 15) is 0 Å². The highest BCUT2D eigenvalue weighted by molar-refractivity contribution is 9.10. The van der Waals surface area contributed by atoms with Crippen molar-refractivity contribution in [2.75, 3.05) is 6.61 Å². The lowest BCUT2D eigenvalue weighted by Gasteiger charge is -2.09. The van der Waals surface area contributed by atoms with Crippen molar-refractivity contribution in [3.63, 3.8) is 0 Å². The summed E-state index contributed by atoms with van der Waals surface area (Å²) >= 11 is 3.41. The Morgan fingerprint density at radius 2 is 2.19 bits per heavy atom. The number of unbranched alkanes of at least 4 members (excludes halogenated alkanes) is 2. The maximum atomic E-state index is 7.31. The van der Waals surface area contributed by atoms with Crippen molar-refractivity contribution in [3.05, 3.63) is 28.2 Å². The minimum Gasteiger partial charge on any atom is -0.492 e. The number of hydrogen-bond acceptors (Lipinski definition) is 2. The van der Waals surface area contributed by atoms with Crippen LogP contribution in [-0.4, -0.2) is 12.4 Å². The molecule has 0 aromatic heterocycles. The van der Waals surface area contributed by atoms with Crippen LogP contribution in [0.5, 0.6) is 5.75 Å². The van der Waals surface area contributed by atoms with E-state index in [1.54, 1.807) is 12.1 Å². The quantitative estimate of drug-likeness (QED) is 0.478. The molecule has 0 radical (unpaired) electrons. The molecule has 0 aliphatic heterocycles. The second-order valence-corrected chi connectivity index (χ2v) is 4.47. The molecule has 0 aliphatic rings. The fraction of sp³-hybridized carbons (Fsp3) is 0.417. The lowest BCUT2D eigenvalue weighted by molar-refractivity contribution is 0.304. The summed E-state index contributed by atoms with van der Waals surface area (Å²) in [6.07, 6.45) is 3.44. The Balaban J connectivity index is 2.57. The predicted molar refractivity (Wildman–Crippen MR) is 70.2 cm³/mol. The average Bonchev–Trinajstić information content (AvgIpc) is 2.26. The molecule has 0 unspecified atom stereocenters. The smallest absolute Gasteiger partial charge is 0.133 e. The number of ether oxygens (including phenoxy) is 1. The van der Waals surface area contributed by atoms with Crippen LogP contribution in [0, 0.1) is 5.41 Å². The number of benzene rings is 1. The summed E-state index contributed by atoms with van der Waals surface area (Å²) in [6.45, 7) is 2.89. The molecule has 0 amide bonds. The Kier molecular flexibility index (Phi) is 5.32. The minimum atomic E-state index is 0.0678. The van der Waals surface area contributed by atoms with Gasteiger partial charge in [-0.05, 0) is 40.5 Å². The highest BCUT2D eigenvalue weighted by Gasteiger charge is 2.04. The molecule has 0 fully saturated rings. The number of nitrogen functional groups attached to an aromatic ring is 1. The molecular weight excluding hydrogens is 268 g/mol. The van der Waals surface area contributed by atoms with Crippen LogP contribution in [0.1, 0.15) is 31.7 Å². The lowest BCUT2D eigenvalue weighted by Crippen LogP contribution is -2.11. The van der Waals surface area contributed by atoms with E-state index >= 15 is 0 Å². The van der Waals surface area contributed by atoms with Crippen molar-refractivity contribution >= 4 is 21.8 Å². The molecular formula is C12H17BrN2O. The van der Waals surface area contributed by atoms with E-state index in [0.29, 0.717) is 5.56 Å². The first-order valence-electron chi connectivity index (χ1n) is 5.42. The number of hydrogen-bond donors (Lipinski definition) is 2. The zero-order valence-corrected chi connectivity index (χ0v) is 11.0. The van der Waals surface area contributed by atoms with Crippen molar-refractivity contribution in [1.29, 1.82) is 5.41 Å². The third kappa shape index (κ3) is 3.85. The van der Waals surface area contributed by atoms with Crippen LogP contribution >= 0.6 is 15.9 Å². The zero-order chi connectivity index (χ0) is 12.0. The highest BCUT2D eigenvalue weighted by atomic mass is 79.9. The van der Waals surface area contributed by atoms with E-state index in [4.69, 9.17) is 15.9 Å². The van der Waals surface area contributed by atoms with Gasteiger partial charge in [0.1, 0.15) is 11.6 Å². The molecule has 88 valence electrons. The second-order valence-electron chi connectivity index (χ2n) is 3.61. The van der Waals surface area contributed by atoms with Gasteiger partial charge in [-0.15, -0.1) is 0 Å². The zero-order valence-electron chi connectivity index (χ0n) is 9.42. The third-order valence-electron chi connectivity index (χ3n) is 2.25. The van der Waals surface area contributed by atoms with E-state index in [1.807, 2.05) is 6.07 Å². The molecule has 4 heteroatoms. The van der Waals surface area contributed by atoms with Gasteiger partial charge in [-0.2, -0.15) is 0 Å². The second kappa shape index (κ2) is 6.53. The standard InChI is InChI=1S/C12H17BrN2O/c1-2-3-4-7-16-11-6-5-9(12(14)15)8-10(11)13/h5-6,8H,2-4,7H2,1H3,(H3,14,15).